The van der Waals surface area contributed by atoms with Crippen molar-refractivity contribution >= 4 is 83.8 Å². The number of ether oxygens (including phenoxy) is 14. The highest BCUT2D eigenvalue weighted by Gasteiger charge is 2.44. The number of carbonyl (C=O) groups is 12. The molecule has 1 aromatic carbocycles. The molecule has 0 aromatic heterocycles. The summed E-state index contributed by atoms with van der Waals surface area (Å²) in [6, 6.07) is 4.97. The van der Waals surface area contributed by atoms with Crippen molar-refractivity contribution < 1.29 is 154 Å². The van der Waals surface area contributed by atoms with Crippen LogP contribution < -0.4 is 26.6 Å². The molecule has 0 spiro atoms. The molecule has 0 saturated carbocycles. The van der Waals surface area contributed by atoms with Crippen LogP contribution in [0.15, 0.2) is 30.3 Å². The van der Waals surface area contributed by atoms with Gasteiger partial charge in [-0.2, -0.15) is 12.6 Å². The molecule has 132 heavy (non-hydrogen) atoms. The zero-order chi connectivity index (χ0) is 100. The Morgan fingerprint density at radius 3 is 1.38 bits per heavy atom. The Balaban J connectivity index is 0. The number of aliphatic carboxylic acids is 1. The van der Waals surface area contributed by atoms with Crippen molar-refractivity contribution in [2.75, 3.05) is 149 Å². The lowest BCUT2D eigenvalue weighted by molar-refractivity contribution is -0.194. The third-order valence-corrected chi connectivity index (χ3v) is 21.8. The Kier molecular flexibility index (Phi) is 72.6. The molecule has 0 radical (unpaired) electrons. The number of nitrogens with zero attached hydrogens (tertiary/aromatic N) is 3. The summed E-state index contributed by atoms with van der Waals surface area (Å²) >= 11 is 3.98. The van der Waals surface area contributed by atoms with Crippen molar-refractivity contribution in [1.82, 2.24) is 41.3 Å². The van der Waals surface area contributed by atoms with Crippen LogP contribution in [0.2, 0.25) is 0 Å². The van der Waals surface area contributed by atoms with E-state index >= 15 is 0 Å². The van der Waals surface area contributed by atoms with E-state index in [0.717, 1.165) is 5.56 Å². The smallest absolute Gasteiger partial charge is 0.328 e. The van der Waals surface area contributed by atoms with Gasteiger partial charge < -0.3 is 133 Å². The van der Waals surface area contributed by atoms with Crippen LogP contribution in [0.5, 0.6) is 0 Å². The number of amides is 7. The number of carboxylic acid groups (broad SMARTS) is 1. The number of hydrogen-bond acceptors (Lipinski definition) is 33. The number of nitrogens with one attached hydrogen (secondary N) is 5. The van der Waals surface area contributed by atoms with E-state index in [9.17, 15) is 62.6 Å². The second-order valence-corrected chi connectivity index (χ2v) is 33.1. The molecular weight excluding hydrogens is 1750 g/mol. The molecule has 0 bridgehead atoms. The maximum atomic E-state index is 14.5. The molecule has 18 atom stereocenters. The molecule has 1 fully saturated rings. The molecule has 9 unspecified atom stereocenters. The van der Waals surface area contributed by atoms with Crippen molar-refractivity contribution in [1.29, 1.82) is 0 Å². The van der Waals surface area contributed by atoms with E-state index in [1.54, 1.807) is 23.8 Å². The number of likely N-dealkylation sites (N-methyl/N-ethyl adjacent to an activating group) is 2. The minimum Gasteiger partial charge on any atom is -0.481 e. The second kappa shape index (κ2) is 75.7. The largest absolute Gasteiger partial charge is 0.481 e. The van der Waals surface area contributed by atoms with Crippen LogP contribution in [0, 0.1) is 23.7 Å². The number of aliphatic hydroxyl groups excluding tert-OH is 5. The summed E-state index contributed by atoms with van der Waals surface area (Å²) in [5, 5.41) is 67.1. The Morgan fingerprint density at radius 1 is 0.508 bits per heavy atom. The van der Waals surface area contributed by atoms with E-state index in [0.29, 0.717) is 70.2 Å². The molecule has 1 aromatic rings. The van der Waals surface area contributed by atoms with Crippen molar-refractivity contribution in [2.45, 2.75) is 303 Å². The Bertz CT molecular complexity index is 3290. The van der Waals surface area contributed by atoms with Crippen LogP contribution in [-0.2, 0) is 130 Å². The third kappa shape index (κ3) is 53.8. The molecule has 7 amide bonds. The van der Waals surface area contributed by atoms with Gasteiger partial charge in [0.25, 0.3) is 0 Å². The molecule has 1 aliphatic rings. The highest BCUT2D eigenvalue weighted by molar-refractivity contribution is 7.80. The lowest BCUT2D eigenvalue weighted by Gasteiger charge is -2.41. The summed E-state index contributed by atoms with van der Waals surface area (Å²) < 4.78 is 73.9. The first-order chi connectivity index (χ1) is 62.8. The number of methoxy groups -OCH3 is 6. The molecule has 40 nitrogen and oxygen atoms in total. The van der Waals surface area contributed by atoms with Gasteiger partial charge in [-0.1, -0.05) is 113 Å². The fourth-order valence-corrected chi connectivity index (χ4v) is 13.7. The maximum Gasteiger partial charge on any atom is 0.328 e. The van der Waals surface area contributed by atoms with Crippen LogP contribution in [-0.4, -0.2) is 363 Å². The number of aliphatic hydroxyl groups is 5. The van der Waals surface area contributed by atoms with E-state index in [-0.39, 0.29) is 196 Å². The highest BCUT2D eigenvalue weighted by atomic mass is 32.1. The second-order valence-electron chi connectivity index (χ2n) is 32.6. The Labute approximate surface area is 787 Å². The van der Waals surface area contributed by atoms with E-state index in [4.69, 9.17) is 91.8 Å². The summed E-state index contributed by atoms with van der Waals surface area (Å²) in [4.78, 5) is 158. The van der Waals surface area contributed by atoms with Crippen LogP contribution >= 0.6 is 12.6 Å². The van der Waals surface area contributed by atoms with Gasteiger partial charge in [-0.15, -0.1) is 0 Å². The number of likely N-dealkylation sites (tertiary alicyclic amines) is 1. The first kappa shape index (κ1) is 127. The van der Waals surface area contributed by atoms with Crippen LogP contribution in [0.25, 0.3) is 0 Å². The van der Waals surface area contributed by atoms with Crippen molar-refractivity contribution in [3.63, 3.8) is 0 Å². The van der Waals surface area contributed by atoms with Crippen LogP contribution in [0.3, 0.4) is 0 Å². The van der Waals surface area contributed by atoms with Gasteiger partial charge in [0.15, 0.2) is 25.2 Å². The first-order valence-electron chi connectivity index (χ1n) is 45.8. The average molecular weight is 1910 g/mol. The number of carbonyl (C=O) groups excluding carboxylic acids is 11. The van der Waals surface area contributed by atoms with Crippen LogP contribution in [0.4, 0.5) is 0 Å². The summed E-state index contributed by atoms with van der Waals surface area (Å²) in [5.74, 6) is -5.85. The van der Waals surface area contributed by atoms with Crippen molar-refractivity contribution in [3.05, 3.63) is 35.9 Å². The van der Waals surface area contributed by atoms with Gasteiger partial charge in [-0.05, 0) is 109 Å². The molecule has 11 N–H and O–H groups in total. The number of benzene rings is 1. The minimum absolute atomic E-state index is 0.00492. The molecule has 1 aliphatic heterocycles. The van der Waals surface area contributed by atoms with E-state index in [1.807, 2.05) is 119 Å². The number of thiol groups is 1. The molecule has 0 aliphatic carbocycles. The molecule has 2 rings (SSSR count). The quantitative estimate of drug-likeness (QED) is 0.0143. The average Bonchev–Trinajstić information content (AvgIpc) is 1.46. The molecule has 41 heteroatoms. The van der Waals surface area contributed by atoms with Crippen LogP contribution in [0.1, 0.15) is 204 Å². The predicted molar refractivity (Wildman–Crippen MR) is 492 cm³/mol. The number of rotatable bonds is 68. The third-order valence-electron chi connectivity index (χ3n) is 21.6. The fraction of sp³-hybridized carbons (Fsp3) is 0.802. The highest BCUT2D eigenvalue weighted by Crippen LogP contribution is 2.31. The van der Waals surface area contributed by atoms with Crippen molar-refractivity contribution in [2.24, 2.45) is 23.7 Å². The van der Waals surface area contributed by atoms with Gasteiger partial charge in [-0.3, -0.25) is 57.6 Å². The van der Waals surface area contributed by atoms with Crippen molar-refractivity contribution in [3.8, 4) is 0 Å². The summed E-state index contributed by atoms with van der Waals surface area (Å²) in [6.45, 7) is 22.3. The van der Waals surface area contributed by atoms with Gasteiger partial charge in [-0.25, -0.2) is 4.79 Å². The predicted octanol–water partition coefficient (Wildman–Crippen LogP) is 4.18. The SMILES string of the molecule is CCC(CO)OC(CO)OC.CCC(CO)OC(COC(=O)CCCC(=O)NC(C)C(=O)OCCCNC(=O)[C@H](Cc1ccccc1)NC(=O)[C@H](C)[C@@H](OC)[C@@H]1CCCN1C(=O)C[C@@H](OC)[C@H]([C@@H](C)CC)N(C)C(=O)[C@@H](NC(=O)[C@H](C(C)C)N(C)C)C(C)C)OC.CCC(CO)OC(COC(=O)CCCC(=O)NCCS)OC.CCC(CO)OC(COC(=O)CCCC(=O)O)OC. The topological polar surface area (TPSA) is 525 Å². The van der Waals surface area contributed by atoms with E-state index < -0.39 is 133 Å². The fourth-order valence-electron chi connectivity index (χ4n) is 13.6. The minimum atomic E-state index is -1.000. The number of carboxylic acids is 1. The Morgan fingerprint density at radius 2 is 0.977 bits per heavy atom. The lowest BCUT2D eigenvalue weighted by atomic mass is 9.89. The molecule has 1 heterocycles. The molecule has 766 valence electrons. The summed E-state index contributed by atoms with van der Waals surface area (Å²) in [7, 11) is 14.1. The zero-order valence-corrected chi connectivity index (χ0v) is 83.0. The first-order valence-corrected chi connectivity index (χ1v) is 46.4. The molecular formula is C91H164N8O32S. The lowest BCUT2D eigenvalue weighted by Crippen LogP contribution is -2.59. The van der Waals surface area contributed by atoms with Gasteiger partial charge in [0.2, 0.25) is 41.4 Å². The van der Waals surface area contributed by atoms with E-state index in [2.05, 4.69) is 39.2 Å². The van der Waals surface area contributed by atoms with Gasteiger partial charge in [0.1, 0.15) is 37.9 Å². The van der Waals surface area contributed by atoms with Gasteiger partial charge >= 0.3 is 29.8 Å². The summed E-state index contributed by atoms with van der Waals surface area (Å²) in [5.41, 5.74) is 0.802. The van der Waals surface area contributed by atoms with Gasteiger partial charge in [0.05, 0.1) is 107 Å². The summed E-state index contributed by atoms with van der Waals surface area (Å²) in [6.07, 6.45) is 0.101. The normalized spacial score (nSPS) is 16.3. The van der Waals surface area contributed by atoms with E-state index in [1.165, 1.54) is 49.6 Å². The van der Waals surface area contributed by atoms with Gasteiger partial charge in [0, 0.05) is 120 Å². The number of esters is 4. The monoisotopic (exact) mass is 1910 g/mol. The zero-order valence-electron chi connectivity index (χ0n) is 82.1. The number of hydrogen-bond donors (Lipinski definition) is 12. The Hall–Kier alpha value is -7.43. The maximum absolute atomic E-state index is 14.5. The molecule has 1 saturated heterocycles. The standard InChI is InChI=1S/C58H99N7O15.C14H27NO6S.C12H22O7.C7H16O4/c1-16-38(7)52(64(12)57(73)50(36(3)4)62-56(72)51(37(5)6)63(10)11)45(75-13)33-47(68)65-30-22-26-44(65)53(77-15)39(8)54(70)61-43(32-41-24-19-18-20-25-41)55(71)59-29-23-31-78-58(74)40(9)60-46(67)27-21-28-48(69)79-35-49(76-14)80-42(17-2)34-66;1-3-11(9-16)21-14(19-2)10-20-13(18)6-4-5-12(17)15-7-8-22;1-3-9(7-13)19-12(17-2)8-18-11(16)6-4-5-10(14)15;1-3-6(4-8)11-7(5-9)10-2/h18-20,24-25,36-40,42-45,49-53,66H,16-17,21-23,26-35H2,1-15H3,(H,59,71)(H,60,67)(H,61,70)(H,62,72);11,14,16,22H,3-10H2,1-2H3,(H,15,17);9,12-13H,3-8H2,1-2H3,(H,14,15);6-9H,3-5H2,1-2H3/t38-,39+,40?,42?,43-,44-,45+,49?,50-,51-,52-,53+;;;/m0.../s1.